The number of aliphatic carboxylic acids is 2. The van der Waals surface area contributed by atoms with E-state index in [1.165, 1.54) is 16.7 Å². The third-order valence-corrected chi connectivity index (χ3v) is 6.64. The van der Waals surface area contributed by atoms with Crippen LogP contribution in [-0.2, 0) is 16.1 Å². The first-order chi connectivity index (χ1) is 19.7. The molecule has 4 aromatic heterocycles. The van der Waals surface area contributed by atoms with E-state index in [0.29, 0.717) is 0 Å². The van der Waals surface area contributed by atoms with E-state index in [9.17, 15) is 26.3 Å². The Morgan fingerprint density at radius 3 is 2.21 bits per heavy atom. The second-order valence-corrected chi connectivity index (χ2v) is 9.71. The molecule has 0 bridgehead atoms. The molecule has 0 aromatic carbocycles. The number of carbonyl (C=O) groups is 2. The molecule has 0 saturated carbocycles. The number of alkyl halides is 6. The number of likely N-dealkylation sites (N-methyl/N-ethyl adjacent to an activating group) is 1. The highest BCUT2D eigenvalue weighted by molar-refractivity contribution is 7.08. The van der Waals surface area contributed by atoms with Gasteiger partial charge in [0.15, 0.2) is 0 Å². The number of hydrogen-bond acceptors (Lipinski definition) is 8. The number of carboxylic acid groups (broad SMARTS) is 2. The third kappa shape index (κ3) is 8.95. The van der Waals surface area contributed by atoms with Crippen LogP contribution in [0.15, 0.2) is 59.7 Å². The molecule has 226 valence electrons. The van der Waals surface area contributed by atoms with Crippen molar-refractivity contribution in [3.05, 3.63) is 70.9 Å². The molecule has 1 saturated heterocycles. The van der Waals surface area contributed by atoms with Gasteiger partial charge in [-0.05, 0) is 47.1 Å². The van der Waals surface area contributed by atoms with E-state index in [1.54, 1.807) is 11.3 Å². The van der Waals surface area contributed by atoms with Crippen LogP contribution in [0.4, 0.5) is 26.3 Å². The van der Waals surface area contributed by atoms with Gasteiger partial charge in [-0.25, -0.2) is 14.1 Å². The molecule has 4 aromatic rings. The summed E-state index contributed by atoms with van der Waals surface area (Å²) >= 11 is 1.71. The van der Waals surface area contributed by atoms with E-state index in [2.05, 4.69) is 73.4 Å². The third-order valence-electron chi connectivity index (χ3n) is 5.96. The van der Waals surface area contributed by atoms with Gasteiger partial charge < -0.3 is 10.2 Å². The average molecular weight is 619 g/mol. The summed E-state index contributed by atoms with van der Waals surface area (Å²) in [5.74, 6) is -5.51. The molecule has 0 spiro atoms. The molecular formula is C25H24F6N6O4S. The maximum absolute atomic E-state index is 10.6. The first kappa shape index (κ1) is 32.4. The highest BCUT2D eigenvalue weighted by Crippen LogP contribution is 2.29. The molecule has 17 heteroatoms. The van der Waals surface area contributed by atoms with Crippen LogP contribution in [0, 0.1) is 0 Å². The van der Waals surface area contributed by atoms with Crippen molar-refractivity contribution in [1.29, 1.82) is 0 Å². The quantitative estimate of drug-likeness (QED) is 0.316. The van der Waals surface area contributed by atoms with E-state index >= 15 is 0 Å². The molecule has 0 amide bonds. The number of carboxylic acids is 2. The fraction of sp³-hybridized carbons (Fsp3) is 0.320. The summed E-state index contributed by atoms with van der Waals surface area (Å²) in [5.41, 5.74) is 5.77. The summed E-state index contributed by atoms with van der Waals surface area (Å²) in [5, 5.41) is 27.5. The lowest BCUT2D eigenvalue weighted by Gasteiger charge is -2.38. The Hall–Kier alpha value is -4.09. The number of piperazine rings is 1. The number of halogens is 6. The van der Waals surface area contributed by atoms with Crippen LogP contribution in [0.25, 0.3) is 16.6 Å². The smallest absolute Gasteiger partial charge is 0.475 e. The van der Waals surface area contributed by atoms with Crippen LogP contribution < -0.4 is 0 Å². The normalized spacial score (nSPS) is 16.2. The Labute approximate surface area is 238 Å². The maximum Gasteiger partial charge on any atom is 0.490 e. The van der Waals surface area contributed by atoms with Crippen LogP contribution in [0.2, 0.25) is 0 Å². The molecule has 42 heavy (non-hydrogen) atoms. The number of fused-ring (bicyclic) bond motifs is 1. The Morgan fingerprint density at radius 2 is 1.67 bits per heavy atom. The molecule has 1 atom stereocenters. The van der Waals surface area contributed by atoms with Gasteiger partial charge >= 0.3 is 24.3 Å². The monoisotopic (exact) mass is 618 g/mol. The Morgan fingerprint density at radius 1 is 1.00 bits per heavy atom. The lowest BCUT2D eigenvalue weighted by atomic mass is 10.1. The predicted octanol–water partition coefficient (Wildman–Crippen LogP) is 4.61. The van der Waals surface area contributed by atoms with Crippen LogP contribution in [-0.4, -0.2) is 90.8 Å². The van der Waals surface area contributed by atoms with Gasteiger partial charge in [-0.2, -0.15) is 37.7 Å². The molecule has 1 aliphatic rings. The van der Waals surface area contributed by atoms with Crippen molar-refractivity contribution < 1.29 is 46.1 Å². The summed E-state index contributed by atoms with van der Waals surface area (Å²) in [6.07, 6.45) is -4.32. The largest absolute Gasteiger partial charge is 0.490 e. The minimum atomic E-state index is -5.08. The predicted molar refractivity (Wildman–Crippen MR) is 139 cm³/mol. The Bertz CT molecular complexity index is 1440. The summed E-state index contributed by atoms with van der Waals surface area (Å²) in [6, 6.07) is 10.8. The molecule has 0 radical (unpaired) electrons. The van der Waals surface area contributed by atoms with Gasteiger partial charge in [0.25, 0.3) is 0 Å². The summed E-state index contributed by atoms with van der Waals surface area (Å²) in [7, 11) is 2.18. The van der Waals surface area contributed by atoms with E-state index in [4.69, 9.17) is 19.8 Å². The van der Waals surface area contributed by atoms with E-state index in [-0.39, 0.29) is 6.04 Å². The molecule has 5 rings (SSSR count). The molecule has 1 aliphatic heterocycles. The van der Waals surface area contributed by atoms with Crippen LogP contribution in [0.3, 0.4) is 0 Å². The number of hydrogen-bond donors (Lipinski definition) is 2. The number of pyridine rings is 2. The van der Waals surface area contributed by atoms with Crippen molar-refractivity contribution in [2.24, 2.45) is 0 Å². The number of aromatic nitrogens is 4. The van der Waals surface area contributed by atoms with Gasteiger partial charge in [0, 0.05) is 50.3 Å². The molecule has 10 nitrogen and oxygen atoms in total. The van der Waals surface area contributed by atoms with E-state index < -0.39 is 24.3 Å². The summed E-state index contributed by atoms with van der Waals surface area (Å²) in [4.78, 5) is 26.9. The van der Waals surface area contributed by atoms with Gasteiger partial charge in [0.2, 0.25) is 0 Å². The Balaban J connectivity index is 0.000000289. The number of rotatable bonds is 4. The van der Waals surface area contributed by atoms with Crippen molar-refractivity contribution in [3.8, 4) is 11.1 Å². The zero-order valence-electron chi connectivity index (χ0n) is 21.7. The van der Waals surface area contributed by atoms with Gasteiger partial charge in [0.05, 0.1) is 11.6 Å². The zero-order chi connectivity index (χ0) is 31.1. The highest BCUT2D eigenvalue weighted by Gasteiger charge is 2.39. The first-order valence-electron chi connectivity index (χ1n) is 12.0. The van der Waals surface area contributed by atoms with Gasteiger partial charge in [0.1, 0.15) is 5.69 Å². The average Bonchev–Trinajstić information content (AvgIpc) is 3.60. The van der Waals surface area contributed by atoms with Crippen molar-refractivity contribution in [2.75, 3.05) is 26.7 Å². The molecule has 2 N–H and O–H groups in total. The number of thiophene rings is 1. The lowest BCUT2D eigenvalue weighted by Crippen LogP contribution is -2.46. The molecule has 1 fully saturated rings. The second-order valence-electron chi connectivity index (χ2n) is 8.93. The topological polar surface area (TPSA) is 124 Å². The summed E-state index contributed by atoms with van der Waals surface area (Å²) < 4.78 is 65.4. The van der Waals surface area contributed by atoms with Crippen molar-refractivity contribution in [2.45, 2.75) is 24.9 Å². The minimum absolute atomic E-state index is 0.231. The lowest BCUT2D eigenvalue weighted by molar-refractivity contribution is -0.193. The maximum atomic E-state index is 10.6. The fourth-order valence-electron chi connectivity index (χ4n) is 3.87. The van der Waals surface area contributed by atoms with Crippen molar-refractivity contribution >= 4 is 28.8 Å². The van der Waals surface area contributed by atoms with E-state index in [0.717, 1.165) is 37.4 Å². The molecular weight excluding hydrogens is 594 g/mol. The fourth-order valence-corrected chi connectivity index (χ4v) is 4.53. The Kier molecular flexibility index (Phi) is 10.6. The molecule has 5 heterocycles. The molecule has 1 unspecified atom stereocenters. The second kappa shape index (κ2) is 13.7. The standard InChI is InChI=1S/C21H22N6S.2C2HF3O2/c1-25-8-9-26(12-16-3-2-7-22-11-16)14-20(25)21-19-5-4-17(13-27(19)24-23-21)18-6-10-28-15-18;2*3-2(4,5)1(6)7/h2-7,10-11,13,15,20H,8-9,12,14H2,1H3;2*(H,6,7). The van der Waals surface area contributed by atoms with Gasteiger partial charge in [-0.3, -0.25) is 14.8 Å². The first-order valence-corrected chi connectivity index (χ1v) is 12.9. The number of nitrogens with zero attached hydrogens (tertiary/aromatic N) is 6. The van der Waals surface area contributed by atoms with Crippen LogP contribution in [0.1, 0.15) is 17.3 Å². The van der Waals surface area contributed by atoms with E-state index in [1.807, 2.05) is 23.0 Å². The SMILES string of the molecule is CN1CCN(Cc2cccnc2)CC1c1nnn2cc(-c3ccsc3)ccc12.O=C(O)C(F)(F)F.O=C(O)C(F)(F)F. The minimum Gasteiger partial charge on any atom is -0.475 e. The van der Waals surface area contributed by atoms with Crippen molar-refractivity contribution in [3.63, 3.8) is 0 Å². The zero-order valence-corrected chi connectivity index (χ0v) is 22.6. The van der Waals surface area contributed by atoms with Gasteiger partial charge in [-0.1, -0.05) is 17.3 Å². The summed E-state index contributed by atoms with van der Waals surface area (Å²) in [6.45, 7) is 3.91. The molecule has 0 aliphatic carbocycles. The van der Waals surface area contributed by atoms with Crippen molar-refractivity contribution in [1.82, 2.24) is 29.6 Å². The highest BCUT2D eigenvalue weighted by atomic mass is 32.1. The van der Waals surface area contributed by atoms with Crippen LogP contribution >= 0.6 is 11.3 Å². The van der Waals surface area contributed by atoms with Crippen LogP contribution in [0.5, 0.6) is 0 Å². The van der Waals surface area contributed by atoms with Gasteiger partial charge in [-0.15, -0.1) is 5.10 Å².